The van der Waals surface area contributed by atoms with Gasteiger partial charge in [-0.1, -0.05) is 0 Å². The molecule has 0 fully saturated rings. The molecule has 0 unspecified atom stereocenters. The van der Waals surface area contributed by atoms with E-state index < -0.39 is 18.4 Å². The number of carbonyl (C=O) groups is 2. The Morgan fingerprint density at radius 1 is 1.11 bits per heavy atom. The van der Waals surface area contributed by atoms with E-state index in [2.05, 4.69) is 10.3 Å². The van der Waals surface area contributed by atoms with Gasteiger partial charge in [0, 0.05) is 11.1 Å². The van der Waals surface area contributed by atoms with Crippen LogP contribution in [0, 0.1) is 5.82 Å². The lowest BCUT2D eigenvalue weighted by Crippen LogP contribution is -2.25. The highest BCUT2D eigenvalue weighted by molar-refractivity contribution is 6.18. The van der Waals surface area contributed by atoms with Gasteiger partial charge in [-0.15, -0.1) is 0 Å². The first-order valence-corrected chi connectivity index (χ1v) is 10.9. The van der Waals surface area contributed by atoms with E-state index >= 15 is 0 Å². The van der Waals surface area contributed by atoms with Crippen LogP contribution in [0.15, 0.2) is 58.1 Å². The third kappa shape index (κ3) is 5.54. The number of halogens is 1. The van der Waals surface area contributed by atoms with Crippen molar-refractivity contribution in [1.82, 2.24) is 5.32 Å². The van der Waals surface area contributed by atoms with E-state index in [9.17, 15) is 14.0 Å². The summed E-state index contributed by atoms with van der Waals surface area (Å²) < 4.78 is 35.3. The van der Waals surface area contributed by atoms with Gasteiger partial charge >= 0.3 is 5.97 Å². The first-order valence-electron chi connectivity index (χ1n) is 10.9. The molecule has 2 heterocycles. The van der Waals surface area contributed by atoms with Crippen LogP contribution in [0.25, 0.3) is 11.8 Å². The number of furan rings is 1. The summed E-state index contributed by atoms with van der Waals surface area (Å²) in [6.45, 7) is -0.338. The molecule has 1 aromatic heterocycles. The van der Waals surface area contributed by atoms with Crippen molar-refractivity contribution >= 4 is 29.4 Å². The molecule has 0 spiro atoms. The number of methoxy groups -OCH3 is 2. The van der Waals surface area contributed by atoms with Crippen molar-refractivity contribution in [2.24, 2.45) is 4.99 Å². The van der Waals surface area contributed by atoms with Crippen molar-refractivity contribution in [2.45, 2.75) is 13.0 Å². The van der Waals surface area contributed by atoms with Crippen LogP contribution in [0.1, 0.15) is 28.9 Å². The molecular weight excluding hydrogens is 471 g/mol. The zero-order valence-electron chi connectivity index (χ0n) is 19.5. The van der Waals surface area contributed by atoms with Gasteiger partial charge in [0.05, 0.1) is 44.9 Å². The zero-order valence-corrected chi connectivity index (χ0v) is 19.5. The Hall–Kier alpha value is -4.60. The third-order valence-corrected chi connectivity index (χ3v) is 5.32. The van der Waals surface area contributed by atoms with E-state index in [1.165, 1.54) is 32.6 Å². The van der Waals surface area contributed by atoms with Crippen LogP contribution in [0.5, 0.6) is 17.2 Å². The molecule has 36 heavy (non-hydrogen) atoms. The SMILES string of the molecule is COc1cc(C=C2N=C(CC(=O)NCc3ccco3)c3cc(F)ccc32)cc(OC)c1OCC(=O)O. The van der Waals surface area contributed by atoms with Crippen molar-refractivity contribution in [1.29, 1.82) is 0 Å². The summed E-state index contributed by atoms with van der Waals surface area (Å²) in [5, 5.41) is 11.7. The molecule has 1 aliphatic rings. The molecule has 0 saturated carbocycles. The number of nitrogens with zero attached hydrogens (tertiary/aromatic N) is 1. The standard InChI is InChI=1S/C26H23FN2O7/c1-33-22-9-15(10-23(34-2)26(22)36-14-25(31)32)8-20-18-6-5-16(27)11-19(18)21(29-20)12-24(30)28-13-17-4-3-7-35-17/h3-11H,12-14H2,1-2H3,(H,28,30)(H,31,32). The molecule has 2 N–H and O–H groups in total. The maximum absolute atomic E-state index is 14.1. The summed E-state index contributed by atoms with van der Waals surface area (Å²) in [7, 11) is 2.84. The van der Waals surface area contributed by atoms with Gasteiger partial charge < -0.3 is 29.1 Å². The Labute approximate surface area is 205 Å². The third-order valence-electron chi connectivity index (χ3n) is 5.32. The van der Waals surface area contributed by atoms with Crippen LogP contribution >= 0.6 is 0 Å². The van der Waals surface area contributed by atoms with E-state index in [-0.39, 0.29) is 36.1 Å². The summed E-state index contributed by atoms with van der Waals surface area (Å²) in [5.74, 6) is -0.581. The van der Waals surface area contributed by atoms with Gasteiger partial charge in [0.15, 0.2) is 18.1 Å². The van der Waals surface area contributed by atoms with Gasteiger partial charge in [0.25, 0.3) is 0 Å². The topological polar surface area (TPSA) is 120 Å². The van der Waals surface area contributed by atoms with Gasteiger partial charge in [0.1, 0.15) is 11.6 Å². The first-order chi connectivity index (χ1) is 17.4. The molecule has 10 heteroatoms. The lowest BCUT2D eigenvalue weighted by Gasteiger charge is -2.14. The lowest BCUT2D eigenvalue weighted by molar-refractivity contribution is -0.139. The van der Waals surface area contributed by atoms with Crippen LogP contribution in [0.2, 0.25) is 0 Å². The molecule has 0 saturated heterocycles. The smallest absolute Gasteiger partial charge is 0.341 e. The maximum atomic E-state index is 14.1. The molecule has 1 amide bonds. The second-order valence-corrected chi connectivity index (χ2v) is 7.75. The lowest BCUT2D eigenvalue weighted by atomic mass is 10.0. The molecule has 0 radical (unpaired) electrons. The summed E-state index contributed by atoms with van der Waals surface area (Å²) in [4.78, 5) is 28.1. The number of ether oxygens (including phenoxy) is 3. The Morgan fingerprint density at radius 2 is 1.86 bits per heavy atom. The fraction of sp³-hybridized carbons (Fsp3) is 0.192. The van der Waals surface area contributed by atoms with Crippen molar-refractivity contribution in [3.63, 3.8) is 0 Å². The highest BCUT2D eigenvalue weighted by Gasteiger charge is 2.24. The number of benzene rings is 2. The number of carboxylic acid groups (broad SMARTS) is 1. The van der Waals surface area contributed by atoms with Crippen LogP contribution in [0.4, 0.5) is 4.39 Å². The van der Waals surface area contributed by atoms with Crippen LogP contribution in [0.3, 0.4) is 0 Å². The summed E-state index contributed by atoms with van der Waals surface area (Å²) >= 11 is 0. The Kier molecular flexibility index (Phi) is 7.33. The van der Waals surface area contributed by atoms with Crippen LogP contribution in [-0.2, 0) is 16.1 Å². The minimum atomic E-state index is -1.14. The first kappa shape index (κ1) is 24.5. The van der Waals surface area contributed by atoms with Gasteiger partial charge in [-0.05, 0) is 54.1 Å². The molecule has 0 aliphatic carbocycles. The number of carboxylic acids is 1. The molecule has 9 nitrogen and oxygen atoms in total. The summed E-state index contributed by atoms with van der Waals surface area (Å²) in [6, 6.07) is 11.0. The predicted molar refractivity (Wildman–Crippen MR) is 129 cm³/mol. The fourth-order valence-corrected chi connectivity index (χ4v) is 3.72. The van der Waals surface area contributed by atoms with E-state index in [4.69, 9.17) is 23.7 Å². The highest BCUT2D eigenvalue weighted by Crippen LogP contribution is 2.40. The Bertz CT molecular complexity index is 1320. The normalized spacial score (nSPS) is 13.2. The minimum Gasteiger partial charge on any atom is -0.493 e. The maximum Gasteiger partial charge on any atom is 0.341 e. The molecule has 0 atom stereocenters. The van der Waals surface area contributed by atoms with Crippen molar-refractivity contribution in [3.8, 4) is 17.2 Å². The monoisotopic (exact) mass is 494 g/mol. The number of hydrogen-bond acceptors (Lipinski definition) is 7. The second-order valence-electron chi connectivity index (χ2n) is 7.75. The number of amides is 1. The largest absolute Gasteiger partial charge is 0.493 e. The van der Waals surface area contributed by atoms with Crippen LogP contribution in [-0.4, -0.2) is 43.5 Å². The predicted octanol–water partition coefficient (Wildman–Crippen LogP) is 3.91. The van der Waals surface area contributed by atoms with Gasteiger partial charge in [0.2, 0.25) is 11.7 Å². The molecular formula is C26H23FN2O7. The molecule has 186 valence electrons. The quantitative estimate of drug-likeness (QED) is 0.439. The second kappa shape index (κ2) is 10.8. The number of aliphatic imine (C=N–C) groups is 1. The van der Waals surface area contributed by atoms with Crippen molar-refractivity contribution in [3.05, 3.63) is 77.0 Å². The van der Waals surface area contributed by atoms with E-state index in [0.717, 1.165) is 0 Å². The number of aliphatic carboxylic acids is 1. The molecule has 2 aromatic carbocycles. The zero-order chi connectivity index (χ0) is 25.7. The summed E-state index contributed by atoms with van der Waals surface area (Å²) in [5.41, 5.74) is 2.74. The average molecular weight is 494 g/mol. The van der Waals surface area contributed by atoms with E-state index in [1.54, 1.807) is 36.4 Å². The Morgan fingerprint density at radius 3 is 2.50 bits per heavy atom. The minimum absolute atomic E-state index is 0.0525. The highest BCUT2D eigenvalue weighted by atomic mass is 19.1. The number of carbonyl (C=O) groups excluding carboxylic acids is 1. The van der Waals surface area contributed by atoms with Crippen LogP contribution < -0.4 is 19.5 Å². The average Bonchev–Trinajstić information content (AvgIpc) is 3.49. The molecule has 0 bridgehead atoms. The van der Waals surface area contributed by atoms with Crippen molar-refractivity contribution in [2.75, 3.05) is 20.8 Å². The Balaban J connectivity index is 1.64. The fourth-order valence-electron chi connectivity index (χ4n) is 3.72. The molecule has 3 aromatic rings. The van der Waals surface area contributed by atoms with E-state index in [1.807, 2.05) is 0 Å². The van der Waals surface area contributed by atoms with Crippen molar-refractivity contribution < 1.29 is 37.7 Å². The summed E-state index contributed by atoms with van der Waals surface area (Å²) in [6.07, 6.45) is 3.20. The number of fused-ring (bicyclic) bond motifs is 1. The van der Waals surface area contributed by atoms with Gasteiger partial charge in [-0.2, -0.15) is 0 Å². The number of rotatable bonds is 10. The molecule has 4 rings (SSSR count). The number of hydrogen-bond donors (Lipinski definition) is 2. The number of nitrogens with one attached hydrogen (secondary N) is 1. The van der Waals surface area contributed by atoms with E-state index in [0.29, 0.717) is 33.9 Å². The molecule has 1 aliphatic heterocycles. The van der Waals surface area contributed by atoms with Gasteiger partial charge in [-0.25, -0.2) is 9.18 Å². The van der Waals surface area contributed by atoms with Gasteiger partial charge in [-0.3, -0.25) is 9.79 Å².